The van der Waals surface area contributed by atoms with E-state index in [2.05, 4.69) is 27.5 Å². The average molecular weight is 284 g/mol. The lowest BCUT2D eigenvalue weighted by molar-refractivity contribution is 0.0954. The normalized spacial score (nSPS) is 10.1. The van der Waals surface area contributed by atoms with Crippen LogP contribution in [0.15, 0.2) is 43.0 Å². The molecule has 0 saturated carbocycles. The van der Waals surface area contributed by atoms with E-state index in [4.69, 9.17) is 0 Å². The maximum atomic E-state index is 12.2. The van der Waals surface area contributed by atoms with Gasteiger partial charge in [-0.2, -0.15) is 0 Å². The molecule has 2 rings (SSSR count). The Bertz CT molecular complexity index is 571. The average Bonchev–Trinajstić information content (AvgIpc) is 2.54. The van der Waals surface area contributed by atoms with Crippen LogP contribution >= 0.6 is 0 Å². The van der Waals surface area contributed by atoms with Crippen molar-refractivity contribution in [2.75, 3.05) is 18.4 Å². The Morgan fingerprint density at radius 2 is 2.00 bits per heavy atom. The third-order valence-corrected chi connectivity index (χ3v) is 3.05. The second-order valence-electron chi connectivity index (χ2n) is 4.72. The fourth-order valence-corrected chi connectivity index (χ4v) is 1.95. The summed E-state index contributed by atoms with van der Waals surface area (Å²) in [5.41, 5.74) is 2.51. The first-order valence-corrected chi connectivity index (χ1v) is 7.16. The Hall–Kier alpha value is -2.43. The highest BCUT2D eigenvalue weighted by Crippen LogP contribution is 2.13. The van der Waals surface area contributed by atoms with E-state index < -0.39 is 0 Å². The predicted molar refractivity (Wildman–Crippen MR) is 83.3 cm³/mol. The van der Waals surface area contributed by atoms with Crippen LogP contribution in [-0.2, 0) is 6.42 Å². The summed E-state index contributed by atoms with van der Waals surface area (Å²) in [6.07, 6.45) is 8.59. The fourth-order valence-electron chi connectivity index (χ4n) is 1.95. The summed E-state index contributed by atoms with van der Waals surface area (Å²) >= 11 is 0. The molecule has 2 aromatic rings. The Balaban J connectivity index is 1.91. The number of nitrogens with zero attached hydrogens (tertiary/aromatic N) is 2. The molecule has 2 aromatic heterocycles. The topological polar surface area (TPSA) is 66.9 Å². The van der Waals surface area contributed by atoms with Crippen molar-refractivity contribution < 1.29 is 4.79 Å². The number of nitrogens with one attached hydrogen (secondary N) is 2. The summed E-state index contributed by atoms with van der Waals surface area (Å²) in [5, 5.41) is 6.16. The molecule has 0 bridgehead atoms. The van der Waals surface area contributed by atoms with E-state index >= 15 is 0 Å². The van der Waals surface area contributed by atoms with Gasteiger partial charge in [0.2, 0.25) is 0 Å². The zero-order chi connectivity index (χ0) is 14.9. The largest absolute Gasteiger partial charge is 0.384 e. The summed E-state index contributed by atoms with van der Waals surface area (Å²) in [7, 11) is 0. The van der Waals surface area contributed by atoms with Gasteiger partial charge in [-0.15, -0.1) is 0 Å². The molecule has 1 amide bonds. The molecule has 0 aliphatic heterocycles. The van der Waals surface area contributed by atoms with Gasteiger partial charge in [0.1, 0.15) is 0 Å². The van der Waals surface area contributed by atoms with Crippen LogP contribution < -0.4 is 10.6 Å². The lowest BCUT2D eigenvalue weighted by Gasteiger charge is -2.11. The van der Waals surface area contributed by atoms with Gasteiger partial charge in [-0.05, 0) is 30.5 Å². The number of amides is 1. The van der Waals surface area contributed by atoms with Crippen LogP contribution in [0.1, 0.15) is 29.3 Å². The van der Waals surface area contributed by atoms with Crippen LogP contribution in [-0.4, -0.2) is 29.0 Å². The molecule has 0 saturated heterocycles. The molecule has 0 atom stereocenters. The molecular formula is C16H20N4O. The molecule has 0 aliphatic carbocycles. The lowest BCUT2D eigenvalue weighted by atomic mass is 10.2. The minimum atomic E-state index is -0.106. The summed E-state index contributed by atoms with van der Waals surface area (Å²) in [4.78, 5) is 20.3. The van der Waals surface area contributed by atoms with Gasteiger partial charge in [-0.3, -0.25) is 14.8 Å². The van der Waals surface area contributed by atoms with Crippen LogP contribution in [0.4, 0.5) is 5.69 Å². The Kier molecular flexibility index (Phi) is 5.70. The van der Waals surface area contributed by atoms with E-state index in [-0.39, 0.29) is 5.91 Å². The maximum absolute atomic E-state index is 12.2. The molecule has 2 N–H and O–H groups in total. The third-order valence-electron chi connectivity index (χ3n) is 3.05. The SMILES string of the molecule is CCCNc1ccncc1C(=O)NCCc1cccnc1. The number of pyridine rings is 2. The molecule has 0 unspecified atom stereocenters. The van der Waals surface area contributed by atoms with Crippen molar-refractivity contribution in [2.24, 2.45) is 0 Å². The molecule has 0 aromatic carbocycles. The van der Waals surface area contributed by atoms with Crippen LogP contribution in [0.2, 0.25) is 0 Å². The number of carbonyl (C=O) groups is 1. The van der Waals surface area contributed by atoms with Gasteiger partial charge in [0.05, 0.1) is 11.3 Å². The first kappa shape index (κ1) is 15.0. The highest BCUT2D eigenvalue weighted by molar-refractivity contribution is 5.99. The molecular weight excluding hydrogens is 264 g/mol. The summed E-state index contributed by atoms with van der Waals surface area (Å²) in [5.74, 6) is -0.106. The standard InChI is InChI=1S/C16H20N4O/c1-2-7-19-15-6-9-18-12-14(15)16(21)20-10-5-13-4-3-8-17-11-13/h3-4,6,8-9,11-12H,2,5,7,10H2,1H3,(H,18,19)(H,20,21). The van der Waals surface area contributed by atoms with Gasteiger partial charge in [0.25, 0.3) is 5.91 Å². The van der Waals surface area contributed by atoms with Gasteiger partial charge in [-0.25, -0.2) is 0 Å². The minimum Gasteiger partial charge on any atom is -0.384 e. The molecule has 0 fully saturated rings. The highest BCUT2D eigenvalue weighted by Gasteiger charge is 2.10. The number of anilines is 1. The van der Waals surface area contributed by atoms with Crippen LogP contribution in [0, 0.1) is 0 Å². The second kappa shape index (κ2) is 7.99. The maximum Gasteiger partial charge on any atom is 0.254 e. The van der Waals surface area contributed by atoms with Crippen molar-refractivity contribution >= 4 is 11.6 Å². The van der Waals surface area contributed by atoms with Crippen molar-refractivity contribution in [3.8, 4) is 0 Å². The number of aromatic nitrogens is 2. The minimum absolute atomic E-state index is 0.106. The van der Waals surface area contributed by atoms with Gasteiger partial charge in [-0.1, -0.05) is 13.0 Å². The predicted octanol–water partition coefficient (Wildman–Crippen LogP) is 2.27. The molecule has 2 heterocycles. The zero-order valence-electron chi connectivity index (χ0n) is 12.2. The molecule has 5 heteroatoms. The first-order chi connectivity index (χ1) is 10.3. The van der Waals surface area contributed by atoms with Crippen molar-refractivity contribution in [3.63, 3.8) is 0 Å². The monoisotopic (exact) mass is 284 g/mol. The highest BCUT2D eigenvalue weighted by atomic mass is 16.1. The smallest absolute Gasteiger partial charge is 0.254 e. The third kappa shape index (κ3) is 4.56. The van der Waals surface area contributed by atoms with E-state index in [1.54, 1.807) is 18.6 Å². The molecule has 110 valence electrons. The van der Waals surface area contributed by atoms with Crippen LogP contribution in [0.3, 0.4) is 0 Å². The van der Waals surface area contributed by atoms with Crippen molar-refractivity contribution in [3.05, 3.63) is 54.1 Å². The molecule has 0 spiro atoms. The summed E-state index contributed by atoms with van der Waals surface area (Å²) in [6, 6.07) is 5.72. The van der Waals surface area contributed by atoms with Crippen LogP contribution in [0.5, 0.6) is 0 Å². The Labute approximate surface area is 124 Å². The number of hydrogen-bond acceptors (Lipinski definition) is 4. The van der Waals surface area contributed by atoms with Gasteiger partial charge < -0.3 is 10.6 Å². The number of carbonyl (C=O) groups excluding carboxylic acids is 1. The number of hydrogen-bond donors (Lipinski definition) is 2. The molecule has 5 nitrogen and oxygen atoms in total. The van der Waals surface area contributed by atoms with E-state index in [1.807, 2.05) is 24.4 Å². The lowest BCUT2D eigenvalue weighted by Crippen LogP contribution is -2.26. The molecule has 0 aliphatic rings. The van der Waals surface area contributed by atoms with E-state index in [1.165, 1.54) is 0 Å². The Morgan fingerprint density at radius 3 is 2.76 bits per heavy atom. The summed E-state index contributed by atoms with van der Waals surface area (Å²) in [6.45, 7) is 3.49. The fraction of sp³-hybridized carbons (Fsp3) is 0.312. The Morgan fingerprint density at radius 1 is 1.14 bits per heavy atom. The van der Waals surface area contributed by atoms with Gasteiger partial charge in [0.15, 0.2) is 0 Å². The van der Waals surface area contributed by atoms with Crippen molar-refractivity contribution in [1.29, 1.82) is 0 Å². The van der Waals surface area contributed by atoms with Crippen LogP contribution in [0.25, 0.3) is 0 Å². The van der Waals surface area contributed by atoms with Gasteiger partial charge in [0, 0.05) is 37.9 Å². The van der Waals surface area contributed by atoms with Gasteiger partial charge >= 0.3 is 0 Å². The molecule has 21 heavy (non-hydrogen) atoms. The van der Waals surface area contributed by atoms with E-state index in [0.29, 0.717) is 12.1 Å². The number of rotatable bonds is 7. The zero-order valence-corrected chi connectivity index (χ0v) is 12.2. The second-order valence-corrected chi connectivity index (χ2v) is 4.72. The first-order valence-electron chi connectivity index (χ1n) is 7.16. The van der Waals surface area contributed by atoms with E-state index in [9.17, 15) is 4.79 Å². The van der Waals surface area contributed by atoms with E-state index in [0.717, 1.165) is 30.6 Å². The quantitative estimate of drug-likeness (QED) is 0.818. The van der Waals surface area contributed by atoms with Crippen molar-refractivity contribution in [2.45, 2.75) is 19.8 Å². The molecule has 0 radical (unpaired) electrons. The van der Waals surface area contributed by atoms with Crippen molar-refractivity contribution in [1.82, 2.24) is 15.3 Å². The summed E-state index contributed by atoms with van der Waals surface area (Å²) < 4.78 is 0.